The van der Waals surface area contributed by atoms with Crippen LogP contribution in [0.25, 0.3) is 0 Å². The Bertz CT molecular complexity index is 510. The lowest BCUT2D eigenvalue weighted by Gasteiger charge is -2.09. The van der Waals surface area contributed by atoms with Crippen LogP contribution in [0.15, 0.2) is 35.1 Å². The molecule has 3 nitrogen and oxygen atoms in total. The predicted octanol–water partition coefficient (Wildman–Crippen LogP) is 2.55. The second kappa shape index (κ2) is 5.42. The highest BCUT2D eigenvalue weighted by Gasteiger charge is 2.06. The van der Waals surface area contributed by atoms with Crippen LogP contribution in [-0.4, -0.2) is 16.6 Å². The van der Waals surface area contributed by atoms with E-state index in [4.69, 9.17) is 0 Å². The molecule has 0 saturated heterocycles. The molecule has 0 saturated carbocycles. The van der Waals surface area contributed by atoms with Crippen LogP contribution in [0, 0.1) is 5.82 Å². The van der Waals surface area contributed by atoms with Crippen LogP contribution in [0.4, 0.5) is 4.39 Å². The number of halogens is 2. The van der Waals surface area contributed by atoms with Crippen molar-refractivity contribution in [1.29, 1.82) is 0 Å². The smallest absolute Gasteiger partial charge is 0.124 e. The summed E-state index contributed by atoms with van der Waals surface area (Å²) in [6.07, 6.45) is 3.69. The Labute approximate surface area is 108 Å². The average Bonchev–Trinajstić information content (AvgIpc) is 2.71. The minimum atomic E-state index is -0.235. The zero-order chi connectivity index (χ0) is 12.3. The van der Waals surface area contributed by atoms with E-state index >= 15 is 0 Å². The van der Waals surface area contributed by atoms with Gasteiger partial charge in [0.2, 0.25) is 0 Å². The number of hydrogen-bond donors (Lipinski definition) is 1. The van der Waals surface area contributed by atoms with E-state index in [-0.39, 0.29) is 5.82 Å². The van der Waals surface area contributed by atoms with Gasteiger partial charge in [-0.25, -0.2) is 9.37 Å². The third kappa shape index (κ3) is 2.92. The highest BCUT2D eigenvalue weighted by molar-refractivity contribution is 9.10. The van der Waals surface area contributed by atoms with Gasteiger partial charge in [0.25, 0.3) is 0 Å². The summed E-state index contributed by atoms with van der Waals surface area (Å²) in [6, 6.07) is 4.72. The van der Waals surface area contributed by atoms with E-state index in [2.05, 4.69) is 26.2 Å². The van der Waals surface area contributed by atoms with Crippen LogP contribution < -0.4 is 5.32 Å². The van der Waals surface area contributed by atoms with Crippen molar-refractivity contribution in [2.24, 2.45) is 0 Å². The normalized spacial score (nSPS) is 10.8. The van der Waals surface area contributed by atoms with Crippen molar-refractivity contribution < 1.29 is 4.39 Å². The van der Waals surface area contributed by atoms with Gasteiger partial charge in [-0.15, -0.1) is 0 Å². The molecule has 2 aromatic rings. The van der Waals surface area contributed by atoms with Gasteiger partial charge >= 0.3 is 0 Å². The molecule has 0 amide bonds. The lowest BCUT2D eigenvalue weighted by molar-refractivity contribution is 0.623. The largest absolute Gasteiger partial charge is 0.329 e. The monoisotopic (exact) mass is 297 g/mol. The van der Waals surface area contributed by atoms with Crippen LogP contribution in [0.5, 0.6) is 0 Å². The maximum absolute atomic E-state index is 13.0. The van der Waals surface area contributed by atoms with Gasteiger partial charge in [0, 0.05) is 23.4 Å². The first kappa shape index (κ1) is 12.3. The quantitative estimate of drug-likeness (QED) is 0.940. The second-order valence-corrected chi connectivity index (χ2v) is 4.59. The van der Waals surface area contributed by atoms with Crippen LogP contribution in [0.3, 0.4) is 0 Å². The minimum absolute atomic E-state index is 0.235. The molecule has 2 rings (SSSR count). The number of nitrogens with zero attached hydrogens (tertiary/aromatic N) is 2. The van der Waals surface area contributed by atoms with E-state index in [0.29, 0.717) is 13.1 Å². The fourth-order valence-corrected chi connectivity index (χ4v) is 2.12. The first-order valence-corrected chi connectivity index (χ1v) is 6.08. The fraction of sp³-hybridized carbons (Fsp3) is 0.250. The molecule has 17 heavy (non-hydrogen) atoms. The highest BCUT2D eigenvalue weighted by atomic mass is 79.9. The topological polar surface area (TPSA) is 29.9 Å². The molecular weight excluding hydrogens is 285 g/mol. The van der Waals surface area contributed by atoms with E-state index in [1.165, 1.54) is 12.1 Å². The summed E-state index contributed by atoms with van der Waals surface area (Å²) in [4.78, 5) is 4.26. The zero-order valence-electron chi connectivity index (χ0n) is 9.45. The van der Waals surface area contributed by atoms with E-state index in [9.17, 15) is 4.39 Å². The van der Waals surface area contributed by atoms with Crippen LogP contribution in [0.2, 0.25) is 0 Å². The van der Waals surface area contributed by atoms with Gasteiger partial charge in [-0.1, -0.05) is 22.0 Å². The molecule has 0 fully saturated rings. The SMILES string of the molecule is CNCc1nccn1Cc1ccc(F)cc1Br. The average molecular weight is 298 g/mol. The third-order valence-electron chi connectivity index (χ3n) is 2.49. The summed E-state index contributed by atoms with van der Waals surface area (Å²) in [7, 11) is 1.88. The van der Waals surface area contributed by atoms with Gasteiger partial charge in [-0.05, 0) is 24.7 Å². The summed E-state index contributed by atoms with van der Waals surface area (Å²) < 4.78 is 15.8. The Balaban J connectivity index is 2.22. The molecule has 1 aromatic carbocycles. The van der Waals surface area contributed by atoms with E-state index < -0.39 is 0 Å². The van der Waals surface area contributed by atoms with Crippen molar-refractivity contribution in [1.82, 2.24) is 14.9 Å². The number of nitrogens with one attached hydrogen (secondary N) is 1. The van der Waals surface area contributed by atoms with Gasteiger partial charge in [0.05, 0.1) is 6.54 Å². The van der Waals surface area contributed by atoms with E-state index in [1.54, 1.807) is 12.3 Å². The molecule has 0 atom stereocenters. The molecule has 1 heterocycles. The number of aromatic nitrogens is 2. The molecule has 1 aromatic heterocycles. The van der Waals surface area contributed by atoms with Gasteiger partial charge in [0.15, 0.2) is 0 Å². The molecular formula is C12H13BrFN3. The molecule has 0 aliphatic carbocycles. The molecule has 5 heteroatoms. The maximum atomic E-state index is 13.0. The predicted molar refractivity (Wildman–Crippen MR) is 68.2 cm³/mol. The highest BCUT2D eigenvalue weighted by Crippen LogP contribution is 2.19. The first-order chi connectivity index (χ1) is 8.20. The summed E-state index contributed by atoms with van der Waals surface area (Å²) in [5.41, 5.74) is 1.03. The molecule has 0 bridgehead atoms. The van der Waals surface area contributed by atoms with Crippen molar-refractivity contribution in [3.8, 4) is 0 Å². The zero-order valence-corrected chi connectivity index (χ0v) is 11.0. The van der Waals surface area contributed by atoms with Gasteiger partial charge < -0.3 is 9.88 Å². The second-order valence-electron chi connectivity index (χ2n) is 3.74. The van der Waals surface area contributed by atoms with Crippen molar-refractivity contribution in [3.05, 3.63) is 52.3 Å². The van der Waals surface area contributed by atoms with Gasteiger partial charge in [0.1, 0.15) is 11.6 Å². The molecule has 0 aliphatic heterocycles. The first-order valence-electron chi connectivity index (χ1n) is 5.29. The molecule has 1 N–H and O–H groups in total. The maximum Gasteiger partial charge on any atom is 0.124 e. The van der Waals surface area contributed by atoms with Crippen molar-refractivity contribution in [3.63, 3.8) is 0 Å². The molecule has 0 unspecified atom stereocenters. The molecule has 0 aliphatic rings. The standard InChI is InChI=1S/C12H13BrFN3/c1-15-7-12-16-4-5-17(12)8-9-2-3-10(14)6-11(9)13/h2-6,15H,7-8H2,1H3. The Morgan fingerprint density at radius 2 is 2.29 bits per heavy atom. The number of benzene rings is 1. The number of imidazole rings is 1. The summed E-state index contributed by atoms with van der Waals surface area (Å²) >= 11 is 3.37. The fourth-order valence-electron chi connectivity index (χ4n) is 1.64. The minimum Gasteiger partial charge on any atom is -0.329 e. The third-order valence-corrected chi connectivity index (χ3v) is 3.23. The van der Waals surface area contributed by atoms with Crippen molar-refractivity contribution >= 4 is 15.9 Å². The van der Waals surface area contributed by atoms with Crippen LogP contribution >= 0.6 is 15.9 Å². The van der Waals surface area contributed by atoms with Gasteiger partial charge in [-0.3, -0.25) is 0 Å². The summed E-state index contributed by atoms with van der Waals surface area (Å²) in [6.45, 7) is 1.39. The van der Waals surface area contributed by atoms with Crippen molar-refractivity contribution in [2.75, 3.05) is 7.05 Å². The Morgan fingerprint density at radius 3 is 3.00 bits per heavy atom. The van der Waals surface area contributed by atoms with Gasteiger partial charge in [-0.2, -0.15) is 0 Å². The Hall–Kier alpha value is -1.20. The van der Waals surface area contributed by atoms with E-state index in [1.807, 2.05) is 17.8 Å². The summed E-state index contributed by atoms with van der Waals surface area (Å²) in [5.74, 6) is 0.727. The summed E-state index contributed by atoms with van der Waals surface area (Å²) in [5, 5.41) is 3.06. The Morgan fingerprint density at radius 1 is 1.47 bits per heavy atom. The number of hydrogen-bond acceptors (Lipinski definition) is 2. The van der Waals surface area contributed by atoms with Crippen molar-refractivity contribution in [2.45, 2.75) is 13.1 Å². The molecule has 90 valence electrons. The molecule has 0 radical (unpaired) electrons. The Kier molecular flexibility index (Phi) is 3.91. The lowest BCUT2D eigenvalue weighted by atomic mass is 10.2. The number of rotatable bonds is 4. The molecule has 0 spiro atoms. The van der Waals surface area contributed by atoms with Crippen LogP contribution in [0.1, 0.15) is 11.4 Å². The lowest BCUT2D eigenvalue weighted by Crippen LogP contribution is -2.12. The van der Waals surface area contributed by atoms with Crippen LogP contribution in [-0.2, 0) is 13.1 Å². The van der Waals surface area contributed by atoms with E-state index in [0.717, 1.165) is 15.9 Å².